The van der Waals surface area contributed by atoms with Crippen molar-refractivity contribution in [2.45, 2.75) is 0 Å². The first kappa shape index (κ1) is 17.7. The summed E-state index contributed by atoms with van der Waals surface area (Å²) in [5, 5.41) is 4.34. The summed E-state index contributed by atoms with van der Waals surface area (Å²) in [7, 11) is 1.64. The maximum absolute atomic E-state index is 5.78. The monoisotopic (exact) mass is 372 g/mol. The average molecular weight is 372 g/mol. The van der Waals surface area contributed by atoms with Crippen LogP contribution in [0.1, 0.15) is 0 Å². The van der Waals surface area contributed by atoms with Crippen molar-refractivity contribution >= 4 is 16.7 Å². The van der Waals surface area contributed by atoms with Gasteiger partial charge in [0.15, 0.2) is 5.82 Å². The Balaban J connectivity index is 1.49. The van der Waals surface area contributed by atoms with Crippen LogP contribution in [0.3, 0.4) is 0 Å². The van der Waals surface area contributed by atoms with Crippen molar-refractivity contribution < 1.29 is 9.47 Å². The van der Waals surface area contributed by atoms with Gasteiger partial charge in [-0.05, 0) is 48.5 Å². The van der Waals surface area contributed by atoms with Crippen molar-refractivity contribution in [2.75, 3.05) is 25.6 Å². The van der Waals surface area contributed by atoms with Gasteiger partial charge < -0.3 is 14.8 Å². The number of rotatable bonds is 7. The number of benzene rings is 2. The summed E-state index contributed by atoms with van der Waals surface area (Å²) in [6.45, 7) is 1.12. The lowest BCUT2D eigenvalue weighted by Crippen LogP contribution is -2.13. The molecule has 6 heteroatoms. The van der Waals surface area contributed by atoms with Crippen LogP contribution >= 0.6 is 0 Å². The normalized spacial score (nSPS) is 10.6. The van der Waals surface area contributed by atoms with Gasteiger partial charge in [-0.3, -0.25) is 4.98 Å². The van der Waals surface area contributed by atoms with Gasteiger partial charge >= 0.3 is 0 Å². The van der Waals surface area contributed by atoms with E-state index in [0.29, 0.717) is 19.0 Å². The third-order valence-corrected chi connectivity index (χ3v) is 4.25. The van der Waals surface area contributed by atoms with Crippen molar-refractivity contribution in [2.24, 2.45) is 0 Å². The van der Waals surface area contributed by atoms with Crippen LogP contribution in [0.5, 0.6) is 11.5 Å². The number of fused-ring (bicyclic) bond motifs is 1. The minimum atomic E-state index is 0.507. The van der Waals surface area contributed by atoms with E-state index in [1.54, 1.807) is 19.5 Å². The molecular weight excluding hydrogens is 352 g/mol. The van der Waals surface area contributed by atoms with Crippen LogP contribution < -0.4 is 14.8 Å². The zero-order valence-electron chi connectivity index (χ0n) is 15.5. The van der Waals surface area contributed by atoms with Gasteiger partial charge in [-0.1, -0.05) is 12.1 Å². The molecule has 0 saturated heterocycles. The highest BCUT2D eigenvalue weighted by Gasteiger charge is 2.09. The van der Waals surface area contributed by atoms with E-state index in [1.165, 1.54) is 0 Å². The summed E-state index contributed by atoms with van der Waals surface area (Å²) in [5.74, 6) is 3.03. The van der Waals surface area contributed by atoms with Crippen LogP contribution in [-0.4, -0.2) is 35.2 Å². The highest BCUT2D eigenvalue weighted by molar-refractivity contribution is 5.90. The number of ether oxygens (including phenoxy) is 2. The maximum Gasteiger partial charge on any atom is 0.163 e. The van der Waals surface area contributed by atoms with Gasteiger partial charge in [0.2, 0.25) is 0 Å². The quantitative estimate of drug-likeness (QED) is 0.491. The Labute approximate surface area is 163 Å². The van der Waals surface area contributed by atoms with Gasteiger partial charge in [0, 0.05) is 23.3 Å². The van der Waals surface area contributed by atoms with Crippen LogP contribution in [0.15, 0.2) is 73.1 Å². The van der Waals surface area contributed by atoms with Crippen molar-refractivity contribution in [3.63, 3.8) is 0 Å². The lowest BCUT2D eigenvalue weighted by atomic mass is 10.2. The SMILES string of the molecule is COc1ccc(OCCNc2nc(-c3cccnc3)nc3ccccc23)cc1. The number of anilines is 1. The zero-order valence-corrected chi connectivity index (χ0v) is 15.5. The van der Waals surface area contributed by atoms with E-state index in [2.05, 4.69) is 15.3 Å². The predicted molar refractivity (Wildman–Crippen MR) is 110 cm³/mol. The lowest BCUT2D eigenvalue weighted by Gasteiger charge is -2.12. The average Bonchev–Trinajstić information content (AvgIpc) is 2.77. The molecule has 2 heterocycles. The molecular formula is C22H20N4O2. The van der Waals surface area contributed by atoms with E-state index in [-0.39, 0.29) is 0 Å². The molecule has 0 spiro atoms. The van der Waals surface area contributed by atoms with Gasteiger partial charge in [0.25, 0.3) is 0 Å². The van der Waals surface area contributed by atoms with E-state index < -0.39 is 0 Å². The van der Waals surface area contributed by atoms with Crippen LogP contribution in [-0.2, 0) is 0 Å². The molecule has 0 aliphatic carbocycles. The summed E-state index contributed by atoms with van der Waals surface area (Å²) in [4.78, 5) is 13.5. The number of pyridine rings is 1. The van der Waals surface area contributed by atoms with E-state index in [4.69, 9.17) is 14.5 Å². The third kappa shape index (κ3) is 4.01. The number of aromatic nitrogens is 3. The standard InChI is InChI=1S/C22H20N4O2/c1-27-17-8-10-18(11-9-17)28-14-13-24-22-19-6-2-3-7-20(19)25-21(26-22)16-5-4-12-23-15-16/h2-12,15H,13-14H2,1H3,(H,24,25,26). The fourth-order valence-electron chi connectivity index (χ4n) is 2.85. The Hall–Kier alpha value is -3.67. The van der Waals surface area contributed by atoms with Gasteiger partial charge in [-0.15, -0.1) is 0 Å². The van der Waals surface area contributed by atoms with E-state index in [9.17, 15) is 0 Å². The van der Waals surface area contributed by atoms with Gasteiger partial charge in [-0.25, -0.2) is 9.97 Å². The molecule has 0 aliphatic heterocycles. The minimum Gasteiger partial charge on any atom is -0.497 e. The Morgan fingerprint density at radius 1 is 0.893 bits per heavy atom. The number of methoxy groups -OCH3 is 1. The second-order valence-corrected chi connectivity index (χ2v) is 6.11. The number of para-hydroxylation sites is 1. The highest BCUT2D eigenvalue weighted by atomic mass is 16.5. The first-order chi connectivity index (χ1) is 13.8. The molecule has 0 bridgehead atoms. The number of nitrogens with zero attached hydrogens (tertiary/aromatic N) is 3. The fourth-order valence-corrected chi connectivity index (χ4v) is 2.85. The third-order valence-electron chi connectivity index (χ3n) is 4.25. The first-order valence-electron chi connectivity index (χ1n) is 9.01. The fraction of sp³-hybridized carbons (Fsp3) is 0.136. The molecule has 0 aliphatic rings. The van der Waals surface area contributed by atoms with Crippen molar-refractivity contribution in [3.05, 3.63) is 73.1 Å². The van der Waals surface area contributed by atoms with Crippen LogP contribution in [0.25, 0.3) is 22.3 Å². The number of hydrogen-bond acceptors (Lipinski definition) is 6. The van der Waals surface area contributed by atoms with E-state index >= 15 is 0 Å². The molecule has 0 atom stereocenters. The summed E-state index contributed by atoms with van der Waals surface area (Å²) >= 11 is 0. The molecule has 0 saturated carbocycles. The topological polar surface area (TPSA) is 69.2 Å². The summed E-state index contributed by atoms with van der Waals surface area (Å²) in [5.41, 5.74) is 1.76. The highest BCUT2D eigenvalue weighted by Crippen LogP contribution is 2.24. The second kappa shape index (κ2) is 8.35. The molecule has 4 rings (SSSR count). The van der Waals surface area contributed by atoms with Gasteiger partial charge in [0.1, 0.15) is 23.9 Å². The van der Waals surface area contributed by atoms with E-state index in [1.807, 2.05) is 60.7 Å². The molecule has 2 aromatic heterocycles. The molecule has 140 valence electrons. The van der Waals surface area contributed by atoms with E-state index in [0.717, 1.165) is 33.8 Å². The molecule has 6 nitrogen and oxygen atoms in total. The number of hydrogen-bond donors (Lipinski definition) is 1. The molecule has 1 N–H and O–H groups in total. The Morgan fingerprint density at radius 2 is 1.71 bits per heavy atom. The Morgan fingerprint density at radius 3 is 2.50 bits per heavy atom. The summed E-state index contributed by atoms with van der Waals surface area (Å²) in [6, 6.07) is 19.3. The Bertz CT molecular complexity index is 1050. The summed E-state index contributed by atoms with van der Waals surface area (Å²) < 4.78 is 10.9. The van der Waals surface area contributed by atoms with Crippen molar-refractivity contribution in [3.8, 4) is 22.9 Å². The van der Waals surface area contributed by atoms with Crippen molar-refractivity contribution in [1.82, 2.24) is 15.0 Å². The van der Waals surface area contributed by atoms with Crippen LogP contribution in [0.4, 0.5) is 5.82 Å². The summed E-state index contributed by atoms with van der Waals surface area (Å²) in [6.07, 6.45) is 3.50. The predicted octanol–water partition coefficient (Wildman–Crippen LogP) is 4.19. The van der Waals surface area contributed by atoms with Gasteiger partial charge in [-0.2, -0.15) is 0 Å². The van der Waals surface area contributed by atoms with Crippen molar-refractivity contribution in [1.29, 1.82) is 0 Å². The molecule has 0 radical (unpaired) electrons. The second-order valence-electron chi connectivity index (χ2n) is 6.11. The largest absolute Gasteiger partial charge is 0.497 e. The lowest BCUT2D eigenvalue weighted by molar-refractivity contribution is 0.331. The van der Waals surface area contributed by atoms with Crippen LogP contribution in [0, 0.1) is 0 Å². The Kier molecular flexibility index (Phi) is 5.29. The molecule has 0 fully saturated rings. The number of nitrogens with one attached hydrogen (secondary N) is 1. The molecule has 28 heavy (non-hydrogen) atoms. The smallest absolute Gasteiger partial charge is 0.163 e. The zero-order chi connectivity index (χ0) is 19.2. The molecule has 4 aromatic rings. The molecule has 0 unspecified atom stereocenters. The minimum absolute atomic E-state index is 0.507. The molecule has 0 amide bonds. The van der Waals surface area contributed by atoms with Gasteiger partial charge in [0.05, 0.1) is 19.2 Å². The van der Waals surface area contributed by atoms with Crippen LogP contribution in [0.2, 0.25) is 0 Å². The maximum atomic E-state index is 5.78. The first-order valence-corrected chi connectivity index (χ1v) is 9.01. The molecule has 2 aromatic carbocycles.